The zero-order chi connectivity index (χ0) is 9.84. The van der Waals surface area contributed by atoms with Crippen molar-refractivity contribution < 1.29 is 4.79 Å². The second kappa shape index (κ2) is 5.10. The molecular formula is C10H10BrIO. The summed E-state index contributed by atoms with van der Waals surface area (Å²) in [5, 5.41) is 0.812. The number of hydrogen-bond acceptors (Lipinski definition) is 1. The number of alkyl halides is 1. The lowest BCUT2D eigenvalue weighted by molar-refractivity contribution is -0.116. The van der Waals surface area contributed by atoms with Crippen LogP contribution >= 0.6 is 38.5 Å². The number of carbonyl (C=O) groups excluding carboxylic acids is 1. The molecule has 1 aromatic carbocycles. The zero-order valence-corrected chi connectivity index (χ0v) is 11.1. The Morgan fingerprint density at radius 3 is 2.77 bits per heavy atom. The van der Waals surface area contributed by atoms with Crippen LogP contribution in [0, 0.1) is 3.57 Å². The van der Waals surface area contributed by atoms with Gasteiger partial charge in [0.25, 0.3) is 0 Å². The maximum absolute atomic E-state index is 11.0. The summed E-state index contributed by atoms with van der Waals surface area (Å²) >= 11 is 5.69. The standard InChI is InChI=1S/C10H10BrIO/c1-7(13)5-9-8(6-11)3-2-4-10(9)12/h2-4H,5-6H2,1H3. The van der Waals surface area contributed by atoms with Crippen LogP contribution in [-0.4, -0.2) is 5.78 Å². The van der Waals surface area contributed by atoms with E-state index in [0.717, 1.165) is 10.9 Å². The third kappa shape index (κ3) is 3.06. The summed E-state index contributed by atoms with van der Waals surface area (Å²) in [6, 6.07) is 6.10. The predicted molar refractivity (Wildman–Crippen MR) is 66.2 cm³/mol. The summed E-state index contributed by atoms with van der Waals surface area (Å²) in [5.74, 6) is 0.214. The lowest BCUT2D eigenvalue weighted by Gasteiger charge is -2.07. The number of ketones is 1. The largest absolute Gasteiger partial charge is 0.300 e. The van der Waals surface area contributed by atoms with Gasteiger partial charge in [-0.25, -0.2) is 0 Å². The van der Waals surface area contributed by atoms with E-state index in [4.69, 9.17) is 0 Å². The first-order valence-corrected chi connectivity index (χ1v) is 6.17. The van der Waals surface area contributed by atoms with Crippen LogP contribution in [0.1, 0.15) is 18.1 Å². The van der Waals surface area contributed by atoms with Crippen LogP contribution in [-0.2, 0) is 16.5 Å². The molecular weight excluding hydrogens is 343 g/mol. The van der Waals surface area contributed by atoms with Crippen LogP contribution in [0.5, 0.6) is 0 Å². The van der Waals surface area contributed by atoms with Gasteiger partial charge in [-0.1, -0.05) is 28.1 Å². The van der Waals surface area contributed by atoms with Crippen LogP contribution in [0.15, 0.2) is 18.2 Å². The van der Waals surface area contributed by atoms with Crippen molar-refractivity contribution in [3.8, 4) is 0 Å². The first-order chi connectivity index (χ1) is 6.15. The number of benzene rings is 1. The molecule has 0 atom stereocenters. The first-order valence-electron chi connectivity index (χ1n) is 3.97. The van der Waals surface area contributed by atoms with Crippen LogP contribution in [0.4, 0.5) is 0 Å². The molecule has 0 unspecified atom stereocenters. The van der Waals surface area contributed by atoms with Gasteiger partial charge in [0, 0.05) is 15.3 Å². The summed E-state index contributed by atoms with van der Waals surface area (Å²) in [6.07, 6.45) is 0.542. The van der Waals surface area contributed by atoms with Gasteiger partial charge in [-0.05, 0) is 46.7 Å². The second-order valence-corrected chi connectivity index (χ2v) is 4.61. The summed E-state index contributed by atoms with van der Waals surface area (Å²) in [6.45, 7) is 1.63. The molecule has 0 heterocycles. The highest BCUT2D eigenvalue weighted by Crippen LogP contribution is 2.20. The number of halogens is 2. The minimum atomic E-state index is 0.214. The highest BCUT2D eigenvalue weighted by molar-refractivity contribution is 14.1. The fourth-order valence-corrected chi connectivity index (χ4v) is 2.45. The fourth-order valence-electron chi connectivity index (χ4n) is 1.18. The molecule has 0 aliphatic carbocycles. The molecule has 13 heavy (non-hydrogen) atoms. The molecule has 0 fully saturated rings. The van der Waals surface area contributed by atoms with Gasteiger partial charge in [-0.2, -0.15) is 0 Å². The van der Waals surface area contributed by atoms with Gasteiger partial charge < -0.3 is 0 Å². The van der Waals surface area contributed by atoms with E-state index in [9.17, 15) is 4.79 Å². The summed E-state index contributed by atoms with van der Waals surface area (Å²) in [7, 11) is 0. The molecule has 0 N–H and O–H groups in total. The Hall–Kier alpha value is 0.1000. The van der Waals surface area contributed by atoms with E-state index in [0.29, 0.717) is 6.42 Å². The summed E-state index contributed by atoms with van der Waals surface area (Å²) < 4.78 is 1.17. The van der Waals surface area contributed by atoms with Gasteiger partial charge in [0.15, 0.2) is 0 Å². The lowest BCUT2D eigenvalue weighted by atomic mass is 10.0. The molecule has 0 radical (unpaired) electrons. The van der Waals surface area contributed by atoms with Crippen molar-refractivity contribution >= 4 is 44.3 Å². The third-order valence-corrected chi connectivity index (χ3v) is 3.40. The Balaban J connectivity index is 3.07. The summed E-state index contributed by atoms with van der Waals surface area (Å²) in [4.78, 5) is 11.0. The maximum atomic E-state index is 11.0. The molecule has 0 aliphatic rings. The molecule has 70 valence electrons. The Morgan fingerprint density at radius 2 is 2.23 bits per heavy atom. The number of Topliss-reactive ketones (excluding diaryl/α,β-unsaturated/α-hetero) is 1. The second-order valence-electron chi connectivity index (χ2n) is 2.89. The van der Waals surface area contributed by atoms with E-state index in [1.165, 1.54) is 9.13 Å². The average molecular weight is 353 g/mol. The quantitative estimate of drug-likeness (QED) is 0.602. The molecule has 1 rings (SSSR count). The van der Waals surface area contributed by atoms with Crippen molar-refractivity contribution in [2.24, 2.45) is 0 Å². The Morgan fingerprint density at radius 1 is 1.54 bits per heavy atom. The highest BCUT2D eigenvalue weighted by Gasteiger charge is 2.07. The van der Waals surface area contributed by atoms with Crippen molar-refractivity contribution in [3.05, 3.63) is 32.9 Å². The van der Waals surface area contributed by atoms with E-state index in [-0.39, 0.29) is 5.78 Å². The molecule has 1 nitrogen and oxygen atoms in total. The molecule has 0 spiro atoms. The highest BCUT2D eigenvalue weighted by atomic mass is 127. The van der Waals surface area contributed by atoms with E-state index in [1.807, 2.05) is 12.1 Å². The van der Waals surface area contributed by atoms with Crippen LogP contribution < -0.4 is 0 Å². The zero-order valence-electron chi connectivity index (χ0n) is 7.31. The van der Waals surface area contributed by atoms with Gasteiger partial charge in [0.05, 0.1) is 0 Å². The number of carbonyl (C=O) groups is 1. The Labute approximate surface area is 100 Å². The molecule has 0 aromatic heterocycles. The SMILES string of the molecule is CC(=O)Cc1c(I)cccc1CBr. The Bertz CT molecular complexity index is 323. The monoisotopic (exact) mass is 352 g/mol. The van der Waals surface area contributed by atoms with Crippen molar-refractivity contribution in [2.75, 3.05) is 0 Å². The molecule has 0 saturated heterocycles. The maximum Gasteiger partial charge on any atom is 0.134 e. The van der Waals surface area contributed by atoms with E-state index in [1.54, 1.807) is 6.92 Å². The van der Waals surface area contributed by atoms with Gasteiger partial charge in [-0.3, -0.25) is 4.79 Å². The topological polar surface area (TPSA) is 17.1 Å². The normalized spacial score (nSPS) is 10.1. The first kappa shape index (κ1) is 11.2. The predicted octanol–water partition coefficient (Wildman–Crippen LogP) is 3.32. The molecule has 0 amide bonds. The van der Waals surface area contributed by atoms with Gasteiger partial charge in [-0.15, -0.1) is 0 Å². The van der Waals surface area contributed by atoms with Gasteiger partial charge in [0.2, 0.25) is 0 Å². The van der Waals surface area contributed by atoms with Crippen molar-refractivity contribution in [3.63, 3.8) is 0 Å². The van der Waals surface area contributed by atoms with Crippen molar-refractivity contribution in [2.45, 2.75) is 18.7 Å². The number of rotatable bonds is 3. The van der Waals surface area contributed by atoms with Crippen molar-refractivity contribution in [1.29, 1.82) is 0 Å². The molecule has 0 saturated carbocycles. The van der Waals surface area contributed by atoms with Crippen LogP contribution in [0.25, 0.3) is 0 Å². The van der Waals surface area contributed by atoms with Gasteiger partial charge >= 0.3 is 0 Å². The van der Waals surface area contributed by atoms with Gasteiger partial charge in [0.1, 0.15) is 5.78 Å². The van der Waals surface area contributed by atoms with Crippen LogP contribution in [0.2, 0.25) is 0 Å². The fraction of sp³-hybridized carbons (Fsp3) is 0.300. The smallest absolute Gasteiger partial charge is 0.134 e. The summed E-state index contributed by atoms with van der Waals surface area (Å²) in [5.41, 5.74) is 2.37. The van der Waals surface area contributed by atoms with E-state index >= 15 is 0 Å². The molecule has 3 heteroatoms. The van der Waals surface area contributed by atoms with Crippen molar-refractivity contribution in [1.82, 2.24) is 0 Å². The third-order valence-electron chi connectivity index (χ3n) is 1.79. The van der Waals surface area contributed by atoms with E-state index < -0.39 is 0 Å². The minimum absolute atomic E-state index is 0.214. The van der Waals surface area contributed by atoms with Crippen LogP contribution in [0.3, 0.4) is 0 Å². The molecule has 0 aliphatic heterocycles. The lowest BCUT2D eigenvalue weighted by Crippen LogP contribution is -2.02. The minimum Gasteiger partial charge on any atom is -0.300 e. The Kier molecular flexibility index (Phi) is 4.38. The number of hydrogen-bond donors (Lipinski definition) is 0. The molecule has 0 bridgehead atoms. The van der Waals surface area contributed by atoms with E-state index in [2.05, 4.69) is 44.6 Å². The molecule has 1 aromatic rings. The average Bonchev–Trinajstić information content (AvgIpc) is 2.08.